The number of ether oxygens (including phenoxy) is 2. The molecule has 2 aliphatic heterocycles. The number of nitrogens with one attached hydrogen (secondary N) is 5. The molecule has 0 bridgehead atoms. The first-order valence-corrected chi connectivity index (χ1v) is 25.1. The van der Waals surface area contributed by atoms with Gasteiger partial charge in [-0.1, -0.05) is 100 Å². The second-order valence-electron chi connectivity index (χ2n) is 22.2. The molecule has 6 amide bonds. The molecular weight excluding hydrogens is 891 g/mol. The Bertz CT molecular complexity index is 2070. The number of hydrogen-bond donors (Lipinski definition) is 6. The van der Waals surface area contributed by atoms with E-state index < -0.39 is 82.6 Å². The molecule has 2 aromatic carbocycles. The number of likely N-dealkylation sites (tertiary alicyclic amines) is 1. The first-order chi connectivity index (χ1) is 32.8. The number of alkyl carbamates (subject to hydrolysis) is 2. The van der Waals surface area contributed by atoms with E-state index in [1.807, 2.05) is 101 Å². The molecule has 6 N–H and O–H groups in total. The molecule has 0 saturated carbocycles. The van der Waals surface area contributed by atoms with Crippen LogP contribution in [0.15, 0.2) is 72.3 Å². The lowest BCUT2D eigenvalue weighted by Crippen LogP contribution is -2.64. The van der Waals surface area contributed by atoms with Crippen molar-refractivity contribution in [2.75, 3.05) is 13.1 Å². The Kier molecular flexibility index (Phi) is 20.9. The maximum absolute atomic E-state index is 14.8. The average molecular weight is 974 g/mol. The van der Waals surface area contributed by atoms with Crippen LogP contribution in [-0.4, -0.2) is 111 Å². The molecule has 5 atom stereocenters. The molecule has 2 aromatic rings. The Hall–Kier alpha value is -5.48. The van der Waals surface area contributed by atoms with Gasteiger partial charge >= 0.3 is 12.2 Å². The lowest BCUT2D eigenvalue weighted by Gasteiger charge is -2.51. The van der Waals surface area contributed by atoms with E-state index in [4.69, 9.17) is 9.47 Å². The number of rotatable bonds is 21. The fourth-order valence-electron chi connectivity index (χ4n) is 9.57. The average Bonchev–Trinajstić information content (AvgIpc) is 3.77. The quantitative estimate of drug-likeness (QED) is 0.0534. The number of hydrogen-bond acceptors (Lipinski definition) is 10. The number of carbonyl (C=O) groups is 6. The summed E-state index contributed by atoms with van der Waals surface area (Å²) in [7, 11) is 0. The lowest BCUT2D eigenvalue weighted by molar-refractivity contribution is -0.246. The molecule has 2 heterocycles. The second-order valence-corrected chi connectivity index (χ2v) is 22.2. The highest BCUT2D eigenvalue weighted by molar-refractivity contribution is 5.95. The van der Waals surface area contributed by atoms with E-state index in [-0.39, 0.29) is 37.4 Å². The zero-order valence-electron chi connectivity index (χ0n) is 43.9. The van der Waals surface area contributed by atoms with E-state index in [0.717, 1.165) is 16.7 Å². The molecule has 2 aliphatic rings. The van der Waals surface area contributed by atoms with E-state index in [0.29, 0.717) is 51.5 Å². The van der Waals surface area contributed by atoms with Crippen LogP contribution in [0.4, 0.5) is 9.59 Å². The van der Waals surface area contributed by atoms with Crippen molar-refractivity contribution in [1.29, 1.82) is 0 Å². The van der Waals surface area contributed by atoms with Gasteiger partial charge in [0, 0.05) is 30.2 Å². The van der Waals surface area contributed by atoms with Gasteiger partial charge in [0.15, 0.2) is 0 Å². The number of amides is 6. The van der Waals surface area contributed by atoms with E-state index in [1.54, 1.807) is 39.5 Å². The van der Waals surface area contributed by atoms with Gasteiger partial charge in [0.25, 0.3) is 0 Å². The van der Waals surface area contributed by atoms with Crippen LogP contribution in [0.5, 0.6) is 0 Å². The smallest absolute Gasteiger partial charge is 0.408 e. The van der Waals surface area contributed by atoms with Gasteiger partial charge < -0.3 is 46.2 Å². The molecule has 0 unspecified atom stereocenters. The van der Waals surface area contributed by atoms with Gasteiger partial charge in [-0.05, 0) is 130 Å². The highest BCUT2D eigenvalue weighted by atomic mass is 16.6. The van der Waals surface area contributed by atoms with Crippen molar-refractivity contribution >= 4 is 35.8 Å². The predicted molar refractivity (Wildman–Crippen MR) is 270 cm³/mol. The topological polar surface area (TPSA) is 208 Å². The van der Waals surface area contributed by atoms with E-state index in [2.05, 4.69) is 40.4 Å². The zero-order chi connectivity index (χ0) is 52.0. The molecule has 4 rings (SSSR count). The monoisotopic (exact) mass is 974 g/mol. The standard InChI is InChI=1S/C54H83N7O9/c1-35(2)29-43(58-51(67)70-52(6,7)8)37(5)30-40(31-38-21-15-13-16-22-38)49(65)60-28-20-26-44(60)47(63)59-45(36(3)4)48(64)57-42(25-19-27-55-50(66)69-34-39-23-17-14-18-24-39)46(62)56-41-32-53(9,10)61(68)54(11,12)33-41/h13-18,21-24,30,35-36,40-45,68H,19-20,25-29,31-34H2,1-12H3,(H,55,66)(H,56,62)(H,57,64)(H,58,67)(H,59,63)/b37-30+/t40-,42-,43+,44+,45+/m1/s1. The minimum Gasteiger partial charge on any atom is -0.445 e. The van der Waals surface area contributed by atoms with Crippen LogP contribution in [-0.2, 0) is 41.7 Å². The molecule has 16 nitrogen and oxygen atoms in total. The minimum absolute atomic E-state index is 0.0984. The van der Waals surface area contributed by atoms with E-state index in [9.17, 15) is 34.0 Å². The molecule has 0 aromatic heterocycles. The largest absolute Gasteiger partial charge is 0.445 e. The van der Waals surface area contributed by atoms with Crippen molar-refractivity contribution < 1.29 is 43.4 Å². The fourth-order valence-corrected chi connectivity index (χ4v) is 9.57. The number of carbonyl (C=O) groups excluding carboxylic acids is 6. The van der Waals surface area contributed by atoms with Crippen LogP contribution in [0.3, 0.4) is 0 Å². The van der Waals surface area contributed by atoms with Crippen molar-refractivity contribution in [3.8, 4) is 0 Å². The van der Waals surface area contributed by atoms with Crippen molar-refractivity contribution in [2.24, 2.45) is 17.8 Å². The SMILES string of the molecule is C/C(=C\[C@H](Cc1ccccc1)C(=O)N1CCC[C@H]1C(=O)N[C@H](C(=O)N[C@H](CCCNC(=O)OCc1ccccc1)C(=O)NC1CC(C)(C)N(O)C(C)(C)C1)C(C)C)[C@H](CC(C)C)NC(=O)OC(C)(C)C. The van der Waals surface area contributed by atoms with Crippen molar-refractivity contribution in [1.82, 2.24) is 36.5 Å². The highest BCUT2D eigenvalue weighted by Gasteiger charge is 2.46. The third-order valence-electron chi connectivity index (χ3n) is 12.9. The Morgan fingerprint density at radius 2 is 1.41 bits per heavy atom. The van der Waals surface area contributed by atoms with Gasteiger partial charge in [0.1, 0.15) is 30.3 Å². The Morgan fingerprint density at radius 3 is 1.99 bits per heavy atom. The lowest BCUT2D eigenvalue weighted by atomic mass is 9.79. The van der Waals surface area contributed by atoms with Gasteiger partial charge in [-0.25, -0.2) is 9.59 Å². The number of piperidine rings is 1. The Morgan fingerprint density at radius 1 is 0.814 bits per heavy atom. The van der Waals surface area contributed by atoms with Crippen LogP contribution in [0.2, 0.25) is 0 Å². The zero-order valence-corrected chi connectivity index (χ0v) is 43.9. The first kappa shape index (κ1) is 57.1. The maximum Gasteiger partial charge on any atom is 0.408 e. The molecule has 16 heteroatoms. The van der Waals surface area contributed by atoms with Crippen LogP contribution in [0.25, 0.3) is 0 Å². The van der Waals surface area contributed by atoms with Gasteiger partial charge in [0.2, 0.25) is 23.6 Å². The summed E-state index contributed by atoms with van der Waals surface area (Å²) in [4.78, 5) is 84.8. The normalized spacial score (nSPS) is 19.1. The molecule has 0 radical (unpaired) electrons. The number of nitrogens with zero attached hydrogens (tertiary/aromatic N) is 2. The van der Waals surface area contributed by atoms with Crippen molar-refractivity contribution in [3.63, 3.8) is 0 Å². The summed E-state index contributed by atoms with van der Waals surface area (Å²) in [5.41, 5.74) is 0.597. The second kappa shape index (κ2) is 25.6. The van der Waals surface area contributed by atoms with Crippen LogP contribution < -0.4 is 26.6 Å². The summed E-state index contributed by atoms with van der Waals surface area (Å²) < 4.78 is 10.9. The molecule has 0 aliphatic carbocycles. The molecule has 2 saturated heterocycles. The number of hydroxylamine groups is 2. The molecule has 388 valence electrons. The van der Waals surface area contributed by atoms with E-state index in [1.165, 1.54) is 5.06 Å². The summed E-state index contributed by atoms with van der Waals surface area (Å²) >= 11 is 0. The Balaban J connectivity index is 1.52. The third-order valence-corrected chi connectivity index (χ3v) is 12.9. The minimum atomic E-state index is -1.06. The summed E-state index contributed by atoms with van der Waals surface area (Å²) in [6.45, 7) is 23.3. The summed E-state index contributed by atoms with van der Waals surface area (Å²) in [6, 6.07) is 15.3. The number of benzene rings is 2. The van der Waals surface area contributed by atoms with Gasteiger partial charge in [-0.15, -0.1) is 0 Å². The first-order valence-electron chi connectivity index (χ1n) is 25.1. The van der Waals surface area contributed by atoms with Crippen molar-refractivity contribution in [3.05, 3.63) is 83.4 Å². The molecular formula is C54H83N7O9. The van der Waals surface area contributed by atoms with Crippen molar-refractivity contribution in [2.45, 2.75) is 188 Å². The third kappa shape index (κ3) is 17.7. The Labute approximate surface area is 416 Å². The summed E-state index contributed by atoms with van der Waals surface area (Å²) in [6.07, 6.45) is 4.09. The maximum atomic E-state index is 14.8. The van der Waals surface area contributed by atoms with Crippen LogP contribution >= 0.6 is 0 Å². The van der Waals surface area contributed by atoms with Crippen LogP contribution in [0.1, 0.15) is 139 Å². The van der Waals surface area contributed by atoms with Gasteiger partial charge in [-0.3, -0.25) is 19.2 Å². The van der Waals surface area contributed by atoms with Gasteiger partial charge in [0.05, 0.1) is 12.0 Å². The van der Waals surface area contributed by atoms with Crippen LogP contribution in [0, 0.1) is 17.8 Å². The molecule has 0 spiro atoms. The van der Waals surface area contributed by atoms with Gasteiger partial charge in [-0.2, -0.15) is 5.06 Å². The predicted octanol–water partition coefficient (Wildman–Crippen LogP) is 7.58. The molecule has 2 fully saturated rings. The summed E-state index contributed by atoms with van der Waals surface area (Å²) in [5, 5.41) is 27.0. The van der Waals surface area contributed by atoms with E-state index >= 15 is 0 Å². The highest BCUT2D eigenvalue weighted by Crippen LogP contribution is 2.37. The molecule has 70 heavy (non-hydrogen) atoms. The summed E-state index contributed by atoms with van der Waals surface area (Å²) in [5.74, 6) is -2.54. The fraction of sp³-hybridized carbons (Fsp3) is 0.630.